The SMILES string of the molecule is CCCCCCC(Cc1c(Cl)c(CC)nn1CC)NCC. The van der Waals surface area contributed by atoms with Crippen molar-refractivity contribution in [2.75, 3.05) is 6.54 Å². The van der Waals surface area contributed by atoms with Crippen LogP contribution in [0.1, 0.15) is 71.2 Å². The van der Waals surface area contributed by atoms with E-state index in [9.17, 15) is 0 Å². The monoisotopic (exact) mass is 313 g/mol. The van der Waals surface area contributed by atoms with Crippen LogP contribution in [-0.4, -0.2) is 22.4 Å². The van der Waals surface area contributed by atoms with E-state index in [-0.39, 0.29) is 0 Å². The molecule has 0 saturated carbocycles. The maximum atomic E-state index is 6.53. The largest absolute Gasteiger partial charge is 0.314 e. The molecule has 1 aromatic heterocycles. The van der Waals surface area contributed by atoms with E-state index in [1.54, 1.807) is 0 Å². The lowest BCUT2D eigenvalue weighted by atomic mass is 10.0. The molecule has 21 heavy (non-hydrogen) atoms. The zero-order valence-corrected chi connectivity index (χ0v) is 15.0. The van der Waals surface area contributed by atoms with Gasteiger partial charge in [-0.1, -0.05) is 58.1 Å². The van der Waals surface area contributed by atoms with E-state index in [1.807, 2.05) is 0 Å². The molecule has 0 aliphatic rings. The van der Waals surface area contributed by atoms with E-state index in [0.717, 1.165) is 36.6 Å². The van der Waals surface area contributed by atoms with E-state index in [1.165, 1.54) is 37.8 Å². The zero-order valence-electron chi connectivity index (χ0n) is 14.2. The number of nitrogens with zero attached hydrogens (tertiary/aromatic N) is 2. The smallest absolute Gasteiger partial charge is 0.0850 e. The zero-order chi connectivity index (χ0) is 15.7. The van der Waals surface area contributed by atoms with Gasteiger partial charge in [-0.25, -0.2) is 0 Å². The Morgan fingerprint density at radius 3 is 2.48 bits per heavy atom. The van der Waals surface area contributed by atoms with Crippen LogP contribution in [-0.2, 0) is 19.4 Å². The van der Waals surface area contributed by atoms with Crippen LogP contribution in [0.25, 0.3) is 0 Å². The van der Waals surface area contributed by atoms with Gasteiger partial charge in [-0.05, 0) is 26.3 Å². The van der Waals surface area contributed by atoms with Gasteiger partial charge in [0.1, 0.15) is 0 Å². The molecule has 0 spiro atoms. The first kappa shape index (κ1) is 18.5. The maximum Gasteiger partial charge on any atom is 0.0850 e. The molecule has 1 heterocycles. The average molecular weight is 314 g/mol. The fourth-order valence-corrected chi connectivity index (χ4v) is 3.17. The van der Waals surface area contributed by atoms with E-state index >= 15 is 0 Å². The van der Waals surface area contributed by atoms with Crippen molar-refractivity contribution < 1.29 is 0 Å². The summed E-state index contributed by atoms with van der Waals surface area (Å²) in [6.07, 6.45) is 8.37. The molecule has 1 unspecified atom stereocenters. The first-order valence-corrected chi connectivity index (χ1v) is 9.02. The Kier molecular flexibility index (Phi) is 9.02. The van der Waals surface area contributed by atoms with Crippen LogP contribution in [0.5, 0.6) is 0 Å². The summed E-state index contributed by atoms with van der Waals surface area (Å²) >= 11 is 6.53. The van der Waals surface area contributed by atoms with Crippen LogP contribution in [0.4, 0.5) is 0 Å². The van der Waals surface area contributed by atoms with Gasteiger partial charge >= 0.3 is 0 Å². The van der Waals surface area contributed by atoms with Gasteiger partial charge in [-0.2, -0.15) is 5.10 Å². The number of halogens is 1. The minimum atomic E-state index is 0.510. The highest BCUT2D eigenvalue weighted by Crippen LogP contribution is 2.24. The quantitative estimate of drug-likeness (QED) is 0.605. The highest BCUT2D eigenvalue weighted by molar-refractivity contribution is 6.31. The summed E-state index contributed by atoms with van der Waals surface area (Å²) in [4.78, 5) is 0. The van der Waals surface area contributed by atoms with Crippen LogP contribution in [0.15, 0.2) is 0 Å². The first-order valence-electron chi connectivity index (χ1n) is 8.65. The van der Waals surface area contributed by atoms with E-state index in [2.05, 4.69) is 42.8 Å². The molecule has 1 N–H and O–H groups in total. The van der Waals surface area contributed by atoms with Gasteiger partial charge in [0.05, 0.1) is 16.4 Å². The summed E-state index contributed by atoms with van der Waals surface area (Å²) in [5.74, 6) is 0. The van der Waals surface area contributed by atoms with E-state index in [0.29, 0.717) is 6.04 Å². The normalized spacial score (nSPS) is 12.8. The second-order valence-corrected chi connectivity index (χ2v) is 6.06. The summed E-state index contributed by atoms with van der Waals surface area (Å²) in [6.45, 7) is 10.6. The van der Waals surface area contributed by atoms with Crippen molar-refractivity contribution in [3.8, 4) is 0 Å². The van der Waals surface area contributed by atoms with Crippen molar-refractivity contribution >= 4 is 11.6 Å². The molecule has 3 nitrogen and oxygen atoms in total. The lowest BCUT2D eigenvalue weighted by molar-refractivity contribution is 0.449. The third-order valence-electron chi connectivity index (χ3n) is 4.03. The molecule has 4 heteroatoms. The van der Waals surface area contributed by atoms with E-state index < -0.39 is 0 Å². The van der Waals surface area contributed by atoms with Gasteiger partial charge in [-0.15, -0.1) is 0 Å². The van der Waals surface area contributed by atoms with Crippen LogP contribution >= 0.6 is 11.6 Å². The fraction of sp³-hybridized carbons (Fsp3) is 0.824. The topological polar surface area (TPSA) is 29.9 Å². The lowest BCUT2D eigenvalue weighted by Gasteiger charge is -2.18. The number of rotatable bonds is 11. The molecule has 1 rings (SSSR count). The molecule has 122 valence electrons. The molecule has 0 aromatic carbocycles. The second kappa shape index (κ2) is 10.2. The van der Waals surface area contributed by atoms with Crippen molar-refractivity contribution in [2.24, 2.45) is 0 Å². The number of unbranched alkanes of at least 4 members (excludes halogenated alkanes) is 3. The van der Waals surface area contributed by atoms with Crippen molar-refractivity contribution in [3.63, 3.8) is 0 Å². The van der Waals surface area contributed by atoms with Crippen LogP contribution < -0.4 is 5.32 Å². The highest BCUT2D eigenvalue weighted by atomic mass is 35.5. The van der Waals surface area contributed by atoms with Gasteiger partial charge in [0.25, 0.3) is 0 Å². The van der Waals surface area contributed by atoms with Gasteiger partial charge < -0.3 is 5.32 Å². The van der Waals surface area contributed by atoms with Crippen LogP contribution in [0.2, 0.25) is 5.02 Å². The first-order chi connectivity index (χ1) is 10.2. The second-order valence-electron chi connectivity index (χ2n) is 5.68. The van der Waals surface area contributed by atoms with Crippen molar-refractivity contribution in [3.05, 3.63) is 16.4 Å². The molecule has 0 radical (unpaired) electrons. The minimum Gasteiger partial charge on any atom is -0.314 e. The minimum absolute atomic E-state index is 0.510. The Morgan fingerprint density at radius 2 is 1.90 bits per heavy atom. The van der Waals surface area contributed by atoms with Gasteiger partial charge in [0.15, 0.2) is 0 Å². The molecule has 1 aromatic rings. The molecule has 0 saturated heterocycles. The van der Waals surface area contributed by atoms with Gasteiger partial charge in [-0.3, -0.25) is 4.68 Å². The summed E-state index contributed by atoms with van der Waals surface area (Å²) in [5.41, 5.74) is 2.24. The van der Waals surface area contributed by atoms with Crippen molar-refractivity contribution in [1.82, 2.24) is 15.1 Å². The van der Waals surface area contributed by atoms with Gasteiger partial charge in [0, 0.05) is 19.0 Å². The Hall–Kier alpha value is -0.540. The van der Waals surface area contributed by atoms with Crippen molar-refractivity contribution in [1.29, 1.82) is 0 Å². The van der Waals surface area contributed by atoms with Crippen LogP contribution in [0.3, 0.4) is 0 Å². The molecule has 0 fully saturated rings. The van der Waals surface area contributed by atoms with Crippen molar-refractivity contribution in [2.45, 2.75) is 85.2 Å². The predicted octanol–water partition coefficient (Wildman–Crippen LogP) is 4.61. The Morgan fingerprint density at radius 1 is 1.14 bits per heavy atom. The summed E-state index contributed by atoms with van der Waals surface area (Å²) in [7, 11) is 0. The highest BCUT2D eigenvalue weighted by Gasteiger charge is 2.18. The Labute approximate surface area is 135 Å². The summed E-state index contributed by atoms with van der Waals surface area (Å²) < 4.78 is 2.08. The number of hydrogen-bond donors (Lipinski definition) is 1. The number of nitrogens with one attached hydrogen (secondary N) is 1. The average Bonchev–Trinajstić information content (AvgIpc) is 2.79. The molecule has 0 amide bonds. The predicted molar refractivity (Wildman–Crippen MR) is 92.2 cm³/mol. The molecule has 0 aliphatic carbocycles. The number of aromatic nitrogens is 2. The Balaban J connectivity index is 2.71. The maximum absolute atomic E-state index is 6.53. The summed E-state index contributed by atoms with van der Waals surface area (Å²) in [5, 5.41) is 9.13. The van der Waals surface area contributed by atoms with E-state index in [4.69, 9.17) is 11.6 Å². The van der Waals surface area contributed by atoms with Crippen LogP contribution in [0, 0.1) is 0 Å². The number of aryl methyl sites for hydroxylation is 2. The fourth-order valence-electron chi connectivity index (χ4n) is 2.83. The van der Waals surface area contributed by atoms with Gasteiger partial charge in [0.2, 0.25) is 0 Å². The third kappa shape index (κ3) is 5.63. The molecular formula is C17H32ClN3. The number of hydrogen-bond acceptors (Lipinski definition) is 2. The molecule has 1 atom stereocenters. The molecule has 0 bridgehead atoms. The molecular weight excluding hydrogens is 282 g/mol. The lowest BCUT2D eigenvalue weighted by Crippen LogP contribution is -2.31. The number of likely N-dealkylation sites (N-methyl/N-ethyl adjacent to an activating group) is 1. The standard InChI is InChI=1S/C17H32ClN3/c1-5-9-10-11-12-14(19-7-3)13-16-17(18)15(6-2)20-21(16)8-4/h14,19H,5-13H2,1-4H3. The molecule has 0 aliphatic heterocycles. The Bertz CT molecular complexity index is 401. The third-order valence-corrected chi connectivity index (χ3v) is 4.47. The summed E-state index contributed by atoms with van der Waals surface area (Å²) in [6, 6.07) is 0.510.